The van der Waals surface area contributed by atoms with Crippen molar-refractivity contribution >= 4 is 38.8 Å². The Morgan fingerprint density at radius 2 is 1.80 bits per heavy atom. The highest BCUT2D eigenvalue weighted by Gasteiger charge is 2.21. The summed E-state index contributed by atoms with van der Waals surface area (Å²) in [5.41, 5.74) is 2.99. The van der Waals surface area contributed by atoms with E-state index in [1.54, 1.807) is 11.3 Å². The molecule has 30 heavy (non-hydrogen) atoms. The molecule has 3 heterocycles. The first-order valence-electron chi connectivity index (χ1n) is 10.8. The number of nitrogens with zero attached hydrogens (tertiary/aromatic N) is 3. The van der Waals surface area contributed by atoms with E-state index in [9.17, 15) is 9.59 Å². The normalized spacial score (nSPS) is 16.5. The zero-order valence-corrected chi connectivity index (χ0v) is 17.8. The monoisotopic (exact) mass is 422 g/mol. The van der Waals surface area contributed by atoms with Gasteiger partial charge in [0, 0.05) is 29.3 Å². The smallest absolute Gasteiger partial charge is 0.262 e. The van der Waals surface area contributed by atoms with Crippen molar-refractivity contribution in [3.8, 4) is 0 Å². The first-order chi connectivity index (χ1) is 14.7. The number of hydrogen-bond donors (Lipinski definition) is 1. The van der Waals surface area contributed by atoms with Crippen LogP contribution in [0, 0.1) is 0 Å². The van der Waals surface area contributed by atoms with E-state index in [0.29, 0.717) is 5.39 Å². The molecule has 1 amide bonds. The third kappa shape index (κ3) is 3.74. The summed E-state index contributed by atoms with van der Waals surface area (Å²) in [6, 6.07) is 8.01. The van der Waals surface area contributed by atoms with Gasteiger partial charge in [0.1, 0.15) is 11.4 Å². The van der Waals surface area contributed by atoms with Crippen molar-refractivity contribution in [2.75, 3.05) is 23.3 Å². The van der Waals surface area contributed by atoms with Crippen molar-refractivity contribution in [3.05, 3.63) is 51.4 Å². The Bertz CT molecular complexity index is 1120. The highest BCUT2D eigenvalue weighted by atomic mass is 32.1. The van der Waals surface area contributed by atoms with Gasteiger partial charge in [0.15, 0.2) is 0 Å². The lowest BCUT2D eigenvalue weighted by molar-refractivity contribution is -0.116. The van der Waals surface area contributed by atoms with Crippen molar-refractivity contribution < 1.29 is 4.79 Å². The zero-order valence-electron chi connectivity index (χ0n) is 17.0. The summed E-state index contributed by atoms with van der Waals surface area (Å²) in [4.78, 5) is 34.4. The molecule has 2 aromatic heterocycles. The van der Waals surface area contributed by atoms with Crippen LogP contribution in [0.15, 0.2) is 35.4 Å². The Morgan fingerprint density at radius 1 is 1.03 bits per heavy atom. The van der Waals surface area contributed by atoms with Crippen LogP contribution in [0.3, 0.4) is 0 Å². The van der Waals surface area contributed by atoms with Gasteiger partial charge >= 0.3 is 0 Å². The molecule has 0 spiro atoms. The molecule has 5 rings (SSSR count). The van der Waals surface area contributed by atoms with Gasteiger partial charge < -0.3 is 10.2 Å². The van der Waals surface area contributed by atoms with Crippen molar-refractivity contribution in [2.45, 2.75) is 51.5 Å². The second-order valence-electron chi connectivity index (χ2n) is 8.21. The number of nitrogens with one attached hydrogen (secondary N) is 1. The average molecular weight is 423 g/mol. The quantitative estimate of drug-likeness (QED) is 0.691. The van der Waals surface area contributed by atoms with Crippen molar-refractivity contribution in [1.29, 1.82) is 0 Å². The average Bonchev–Trinajstić information content (AvgIpc) is 3.22. The van der Waals surface area contributed by atoms with Gasteiger partial charge in [-0.2, -0.15) is 0 Å². The number of amides is 1. The lowest BCUT2D eigenvalue weighted by Gasteiger charge is -2.22. The van der Waals surface area contributed by atoms with Crippen LogP contribution in [0.2, 0.25) is 0 Å². The molecule has 1 N–H and O–H groups in total. The standard InChI is InChI=1S/C23H26N4O2S/c28-20(25-16-8-10-17(11-9-16)26-12-3-1-2-4-13-26)14-27-15-24-22-21(23(27)29)18-6-5-7-19(18)30-22/h8-11,15H,1-7,12-14H2,(H,25,28). The molecule has 0 bridgehead atoms. The van der Waals surface area contributed by atoms with Crippen LogP contribution >= 0.6 is 11.3 Å². The molecule has 1 fully saturated rings. The summed E-state index contributed by atoms with van der Waals surface area (Å²) in [5.74, 6) is -0.215. The summed E-state index contributed by atoms with van der Waals surface area (Å²) < 4.78 is 1.43. The molecule has 1 aromatic carbocycles. The van der Waals surface area contributed by atoms with Gasteiger partial charge in [0.2, 0.25) is 5.91 Å². The number of carbonyl (C=O) groups is 1. The molecule has 0 unspecified atom stereocenters. The number of hydrogen-bond acceptors (Lipinski definition) is 5. The van der Waals surface area contributed by atoms with Gasteiger partial charge in [-0.25, -0.2) is 4.98 Å². The van der Waals surface area contributed by atoms with Crippen LogP contribution < -0.4 is 15.8 Å². The Balaban J connectivity index is 1.28. The molecule has 1 saturated heterocycles. The zero-order chi connectivity index (χ0) is 20.5. The number of rotatable bonds is 4. The molecule has 1 aliphatic heterocycles. The highest BCUT2D eigenvalue weighted by Crippen LogP contribution is 2.34. The minimum absolute atomic E-state index is 0.0275. The Hall–Kier alpha value is -2.67. The maximum absolute atomic E-state index is 12.9. The van der Waals surface area contributed by atoms with E-state index in [2.05, 4.69) is 27.3 Å². The molecule has 7 heteroatoms. The maximum atomic E-state index is 12.9. The molecule has 6 nitrogen and oxygen atoms in total. The molecule has 0 atom stereocenters. The summed E-state index contributed by atoms with van der Waals surface area (Å²) in [6.45, 7) is 2.16. The molecule has 156 valence electrons. The molecular formula is C23H26N4O2S. The molecule has 0 saturated carbocycles. The first-order valence-corrected chi connectivity index (χ1v) is 11.7. The summed E-state index contributed by atoms with van der Waals surface area (Å²) >= 11 is 1.62. The largest absolute Gasteiger partial charge is 0.372 e. The summed E-state index contributed by atoms with van der Waals surface area (Å²) in [5, 5.41) is 3.62. The summed E-state index contributed by atoms with van der Waals surface area (Å²) in [6.07, 6.45) is 9.64. The van der Waals surface area contributed by atoms with E-state index in [1.165, 1.54) is 47.1 Å². The lowest BCUT2D eigenvalue weighted by atomic mass is 10.2. The van der Waals surface area contributed by atoms with Crippen LogP contribution in [0.1, 0.15) is 42.5 Å². The van der Waals surface area contributed by atoms with Crippen LogP contribution in [0.25, 0.3) is 10.2 Å². The minimum atomic E-state index is -0.215. The van der Waals surface area contributed by atoms with E-state index in [0.717, 1.165) is 48.4 Å². The Morgan fingerprint density at radius 3 is 2.57 bits per heavy atom. The van der Waals surface area contributed by atoms with E-state index in [-0.39, 0.29) is 18.0 Å². The first kappa shape index (κ1) is 19.3. The van der Waals surface area contributed by atoms with Gasteiger partial charge in [-0.1, -0.05) is 12.8 Å². The van der Waals surface area contributed by atoms with Gasteiger partial charge in [-0.15, -0.1) is 11.3 Å². The number of benzene rings is 1. The SMILES string of the molecule is O=C(Cn1cnc2sc3c(c2c1=O)CCC3)Nc1ccc(N2CCCCCC2)cc1. The second-order valence-corrected chi connectivity index (χ2v) is 9.30. The Labute approximate surface area is 179 Å². The highest BCUT2D eigenvalue weighted by molar-refractivity contribution is 7.18. The predicted molar refractivity (Wildman–Crippen MR) is 122 cm³/mol. The van der Waals surface area contributed by atoms with Crippen LogP contribution in [0.4, 0.5) is 11.4 Å². The number of thiophene rings is 1. The topological polar surface area (TPSA) is 67.2 Å². The lowest BCUT2D eigenvalue weighted by Crippen LogP contribution is -2.28. The van der Waals surface area contributed by atoms with E-state index < -0.39 is 0 Å². The van der Waals surface area contributed by atoms with E-state index >= 15 is 0 Å². The van der Waals surface area contributed by atoms with Gasteiger partial charge in [0.05, 0.1) is 11.7 Å². The third-order valence-electron chi connectivity index (χ3n) is 6.13. The van der Waals surface area contributed by atoms with Crippen LogP contribution in [-0.4, -0.2) is 28.5 Å². The minimum Gasteiger partial charge on any atom is -0.372 e. The van der Waals surface area contributed by atoms with Crippen LogP contribution in [0.5, 0.6) is 0 Å². The maximum Gasteiger partial charge on any atom is 0.262 e. The van der Waals surface area contributed by atoms with Crippen LogP contribution in [-0.2, 0) is 24.2 Å². The molecule has 3 aromatic rings. The number of anilines is 2. The van der Waals surface area contributed by atoms with E-state index in [4.69, 9.17) is 0 Å². The third-order valence-corrected chi connectivity index (χ3v) is 7.33. The van der Waals surface area contributed by atoms with Crippen molar-refractivity contribution in [2.24, 2.45) is 0 Å². The predicted octanol–water partition coefficient (Wildman–Crippen LogP) is 3.97. The fourth-order valence-electron chi connectivity index (χ4n) is 4.57. The number of carbonyl (C=O) groups excluding carboxylic acids is 1. The number of aromatic nitrogens is 2. The second kappa shape index (κ2) is 8.22. The van der Waals surface area contributed by atoms with E-state index in [1.807, 2.05) is 12.1 Å². The van der Waals surface area contributed by atoms with Gasteiger partial charge in [0.25, 0.3) is 5.56 Å². The van der Waals surface area contributed by atoms with Crippen molar-refractivity contribution in [3.63, 3.8) is 0 Å². The summed E-state index contributed by atoms with van der Waals surface area (Å²) in [7, 11) is 0. The fraction of sp³-hybridized carbons (Fsp3) is 0.435. The van der Waals surface area contributed by atoms with Gasteiger partial charge in [-0.3, -0.25) is 14.2 Å². The molecular weight excluding hydrogens is 396 g/mol. The number of fused-ring (bicyclic) bond motifs is 3. The Kier molecular flexibility index (Phi) is 5.29. The van der Waals surface area contributed by atoms with Crippen molar-refractivity contribution in [1.82, 2.24) is 9.55 Å². The molecule has 2 aliphatic rings. The fourth-order valence-corrected chi connectivity index (χ4v) is 5.79. The molecule has 1 aliphatic carbocycles. The number of aryl methyl sites for hydroxylation is 2. The molecule has 0 radical (unpaired) electrons. The van der Waals surface area contributed by atoms with Gasteiger partial charge in [-0.05, 0) is 61.9 Å².